The first kappa shape index (κ1) is 21.2. The number of benzene rings is 1. The monoisotopic (exact) mass is 344 g/mol. The van der Waals surface area contributed by atoms with Gasteiger partial charge in [-0.3, -0.25) is 0 Å². The molecular formula is C22H32O3. The summed E-state index contributed by atoms with van der Waals surface area (Å²) < 4.78 is 5.68. The van der Waals surface area contributed by atoms with Crippen LogP contribution in [-0.4, -0.2) is 29.5 Å². The zero-order valence-corrected chi connectivity index (χ0v) is 15.9. The van der Waals surface area contributed by atoms with Gasteiger partial charge in [0.15, 0.2) is 0 Å². The maximum atomic E-state index is 9.91. The Bertz CT molecular complexity index is 580. The van der Waals surface area contributed by atoms with Crippen LogP contribution in [0.2, 0.25) is 0 Å². The summed E-state index contributed by atoms with van der Waals surface area (Å²) in [6.07, 6.45) is 7.66. The SMILES string of the molecule is C=C/C=C(\C=C/CO)C(C)(C)c1ccc(OCC(O)CC(C)C)cc1. The van der Waals surface area contributed by atoms with Crippen molar-refractivity contribution in [2.24, 2.45) is 5.92 Å². The van der Waals surface area contributed by atoms with Crippen molar-refractivity contribution in [2.75, 3.05) is 13.2 Å². The second kappa shape index (κ2) is 10.2. The normalized spacial score (nSPS) is 14.1. The fourth-order valence-corrected chi connectivity index (χ4v) is 2.72. The molecule has 1 unspecified atom stereocenters. The van der Waals surface area contributed by atoms with Gasteiger partial charge in [0.2, 0.25) is 0 Å². The molecule has 3 nitrogen and oxygen atoms in total. The Labute approximate surface area is 152 Å². The van der Waals surface area contributed by atoms with Crippen molar-refractivity contribution in [3.63, 3.8) is 0 Å². The summed E-state index contributed by atoms with van der Waals surface area (Å²) in [7, 11) is 0. The number of hydrogen-bond acceptors (Lipinski definition) is 3. The van der Waals surface area contributed by atoms with Crippen LogP contribution in [0.5, 0.6) is 5.75 Å². The molecule has 0 saturated heterocycles. The van der Waals surface area contributed by atoms with Crippen LogP contribution in [0.1, 0.15) is 39.7 Å². The molecule has 25 heavy (non-hydrogen) atoms. The maximum absolute atomic E-state index is 9.91. The number of ether oxygens (including phenoxy) is 1. The van der Waals surface area contributed by atoms with Gasteiger partial charge in [-0.05, 0) is 35.6 Å². The Morgan fingerprint density at radius 3 is 2.40 bits per heavy atom. The summed E-state index contributed by atoms with van der Waals surface area (Å²) >= 11 is 0. The van der Waals surface area contributed by atoms with Gasteiger partial charge in [-0.2, -0.15) is 0 Å². The van der Waals surface area contributed by atoms with E-state index in [1.165, 1.54) is 0 Å². The van der Waals surface area contributed by atoms with Crippen molar-refractivity contribution in [2.45, 2.75) is 45.6 Å². The molecule has 0 saturated carbocycles. The molecule has 0 radical (unpaired) electrons. The molecule has 1 aromatic carbocycles. The fraction of sp³-hybridized carbons (Fsp3) is 0.455. The zero-order chi connectivity index (χ0) is 18.9. The topological polar surface area (TPSA) is 49.7 Å². The van der Waals surface area contributed by atoms with Crippen LogP contribution < -0.4 is 4.74 Å². The highest BCUT2D eigenvalue weighted by molar-refractivity contribution is 5.43. The molecule has 3 heteroatoms. The molecule has 1 atom stereocenters. The summed E-state index contributed by atoms with van der Waals surface area (Å²) in [6, 6.07) is 7.93. The number of hydrogen-bond donors (Lipinski definition) is 2. The van der Waals surface area contributed by atoms with Crippen molar-refractivity contribution < 1.29 is 14.9 Å². The van der Waals surface area contributed by atoms with E-state index < -0.39 is 6.10 Å². The fourth-order valence-electron chi connectivity index (χ4n) is 2.72. The van der Waals surface area contributed by atoms with Gasteiger partial charge in [0, 0.05) is 5.41 Å². The third-order valence-electron chi connectivity index (χ3n) is 4.18. The summed E-state index contributed by atoms with van der Waals surface area (Å²) in [6.45, 7) is 12.5. The molecule has 0 aliphatic carbocycles. The average Bonchev–Trinajstić information content (AvgIpc) is 2.56. The van der Waals surface area contributed by atoms with E-state index in [1.54, 1.807) is 12.2 Å². The van der Waals surface area contributed by atoms with E-state index in [0.29, 0.717) is 12.5 Å². The predicted molar refractivity (Wildman–Crippen MR) is 105 cm³/mol. The average molecular weight is 344 g/mol. The summed E-state index contributed by atoms with van der Waals surface area (Å²) in [5.41, 5.74) is 1.98. The Kier molecular flexibility index (Phi) is 8.67. The van der Waals surface area contributed by atoms with Crippen molar-refractivity contribution >= 4 is 0 Å². The lowest BCUT2D eigenvalue weighted by molar-refractivity contribution is 0.0892. The molecule has 138 valence electrons. The highest BCUT2D eigenvalue weighted by Gasteiger charge is 2.23. The summed E-state index contributed by atoms with van der Waals surface area (Å²) in [5.74, 6) is 1.20. The Hall–Kier alpha value is -1.84. The van der Waals surface area contributed by atoms with Gasteiger partial charge < -0.3 is 14.9 Å². The van der Waals surface area contributed by atoms with E-state index >= 15 is 0 Å². The first-order valence-electron chi connectivity index (χ1n) is 8.83. The van der Waals surface area contributed by atoms with Crippen molar-refractivity contribution in [1.82, 2.24) is 0 Å². The van der Waals surface area contributed by atoms with Crippen LogP contribution in [0, 0.1) is 5.92 Å². The second-order valence-corrected chi connectivity index (χ2v) is 7.19. The highest BCUT2D eigenvalue weighted by atomic mass is 16.5. The van der Waals surface area contributed by atoms with E-state index in [1.807, 2.05) is 36.4 Å². The lowest BCUT2D eigenvalue weighted by Gasteiger charge is -2.27. The van der Waals surface area contributed by atoms with Crippen LogP contribution in [-0.2, 0) is 5.41 Å². The van der Waals surface area contributed by atoms with Crippen molar-refractivity contribution in [1.29, 1.82) is 0 Å². The molecule has 0 amide bonds. The Morgan fingerprint density at radius 2 is 1.88 bits per heavy atom. The van der Waals surface area contributed by atoms with Crippen LogP contribution in [0.3, 0.4) is 0 Å². The van der Waals surface area contributed by atoms with Gasteiger partial charge in [0.05, 0.1) is 12.7 Å². The molecular weight excluding hydrogens is 312 g/mol. The van der Waals surface area contributed by atoms with Gasteiger partial charge in [-0.25, -0.2) is 0 Å². The molecule has 0 heterocycles. The van der Waals surface area contributed by atoms with E-state index in [4.69, 9.17) is 9.84 Å². The van der Waals surface area contributed by atoms with Crippen LogP contribution >= 0.6 is 0 Å². The van der Waals surface area contributed by atoms with Gasteiger partial charge in [0.1, 0.15) is 12.4 Å². The first-order chi connectivity index (χ1) is 11.8. The van der Waals surface area contributed by atoms with Crippen LogP contribution in [0.4, 0.5) is 0 Å². The molecule has 0 aliphatic rings. The minimum atomic E-state index is -0.443. The van der Waals surface area contributed by atoms with E-state index in [-0.39, 0.29) is 12.0 Å². The van der Waals surface area contributed by atoms with Crippen LogP contribution in [0.15, 0.2) is 60.7 Å². The third-order valence-corrected chi connectivity index (χ3v) is 4.18. The van der Waals surface area contributed by atoms with E-state index in [9.17, 15) is 5.11 Å². The van der Waals surface area contributed by atoms with Gasteiger partial charge >= 0.3 is 0 Å². The second-order valence-electron chi connectivity index (χ2n) is 7.19. The molecule has 1 rings (SSSR count). The number of allylic oxidation sites excluding steroid dienone is 4. The van der Waals surface area contributed by atoms with Crippen LogP contribution in [0.25, 0.3) is 0 Å². The minimum Gasteiger partial charge on any atom is -0.491 e. The molecule has 2 N–H and O–H groups in total. The predicted octanol–water partition coefficient (Wildman–Crippen LogP) is 4.41. The maximum Gasteiger partial charge on any atom is 0.119 e. The standard InChI is InChI=1S/C22H32O3/c1-6-8-18(9-7-14-23)22(4,5)19-10-12-21(13-11-19)25-16-20(24)15-17(2)3/h6-13,17,20,23-24H,1,14-16H2,2-5H3/b9-7-,18-8+. The van der Waals surface area contributed by atoms with E-state index in [0.717, 1.165) is 23.3 Å². The zero-order valence-electron chi connectivity index (χ0n) is 15.9. The van der Waals surface area contributed by atoms with Gasteiger partial charge in [-0.1, -0.05) is 70.7 Å². The Morgan fingerprint density at radius 1 is 1.24 bits per heavy atom. The number of rotatable bonds is 10. The van der Waals surface area contributed by atoms with Crippen molar-refractivity contribution in [3.8, 4) is 5.75 Å². The quantitative estimate of drug-likeness (QED) is 0.618. The van der Waals surface area contributed by atoms with Gasteiger partial charge in [-0.15, -0.1) is 0 Å². The molecule has 1 aromatic rings. The minimum absolute atomic E-state index is 0.00996. The summed E-state index contributed by atoms with van der Waals surface area (Å²) in [5, 5.41) is 18.9. The molecule has 0 spiro atoms. The molecule has 0 aliphatic heterocycles. The molecule has 0 bridgehead atoms. The Balaban J connectivity index is 2.84. The first-order valence-corrected chi connectivity index (χ1v) is 8.83. The summed E-state index contributed by atoms with van der Waals surface area (Å²) in [4.78, 5) is 0. The van der Waals surface area contributed by atoms with Crippen molar-refractivity contribution in [3.05, 3.63) is 66.3 Å². The number of aliphatic hydroxyl groups is 2. The van der Waals surface area contributed by atoms with Gasteiger partial charge in [0.25, 0.3) is 0 Å². The number of aliphatic hydroxyl groups excluding tert-OH is 2. The molecule has 0 fully saturated rings. The smallest absolute Gasteiger partial charge is 0.119 e. The lowest BCUT2D eigenvalue weighted by atomic mass is 9.77. The largest absolute Gasteiger partial charge is 0.491 e. The molecule has 0 aromatic heterocycles. The van der Waals surface area contributed by atoms with E-state index in [2.05, 4.69) is 34.3 Å². The third kappa shape index (κ3) is 6.89. The highest BCUT2D eigenvalue weighted by Crippen LogP contribution is 2.33. The lowest BCUT2D eigenvalue weighted by Crippen LogP contribution is -2.20.